The van der Waals surface area contributed by atoms with Crippen LogP contribution >= 0.6 is 0 Å². The van der Waals surface area contributed by atoms with Gasteiger partial charge >= 0.3 is 12.1 Å². The van der Waals surface area contributed by atoms with Crippen LogP contribution in [-0.2, 0) is 19.1 Å². The summed E-state index contributed by atoms with van der Waals surface area (Å²) in [4.78, 5) is 38.9. The van der Waals surface area contributed by atoms with E-state index >= 15 is 0 Å². The lowest BCUT2D eigenvalue weighted by Crippen LogP contribution is -2.52. The van der Waals surface area contributed by atoms with Gasteiger partial charge in [-0.25, -0.2) is 9.59 Å². The summed E-state index contributed by atoms with van der Waals surface area (Å²) < 4.78 is 11.1. The molecule has 2 aliphatic carbocycles. The monoisotopic (exact) mass is 464 g/mol. The fraction of sp³-hybridized carbons (Fsp3) is 0.423. The van der Waals surface area contributed by atoms with E-state index in [1.54, 1.807) is 0 Å². The minimum Gasteiger partial charge on any atom is -0.480 e. The summed E-state index contributed by atoms with van der Waals surface area (Å²) in [5.74, 6) is -2.03. The SMILES string of the molecule is CC(C(=O)O)N(C(=O)C1COCC1NC(=O)OCC1c2ccccc2-c2ccccc21)C1CC1. The Hall–Kier alpha value is -3.39. The molecule has 1 aliphatic heterocycles. The molecule has 2 aromatic rings. The van der Waals surface area contributed by atoms with E-state index < -0.39 is 30.1 Å². The van der Waals surface area contributed by atoms with Crippen LogP contribution in [0.4, 0.5) is 4.79 Å². The number of carboxylic acids is 1. The molecule has 178 valence electrons. The summed E-state index contributed by atoms with van der Waals surface area (Å²) in [7, 11) is 0. The number of benzene rings is 2. The van der Waals surface area contributed by atoms with Gasteiger partial charge in [-0.2, -0.15) is 0 Å². The number of fused-ring (bicyclic) bond motifs is 3. The van der Waals surface area contributed by atoms with Crippen LogP contribution in [0.1, 0.15) is 36.8 Å². The summed E-state index contributed by atoms with van der Waals surface area (Å²) in [6.45, 7) is 2.02. The van der Waals surface area contributed by atoms with E-state index in [4.69, 9.17) is 9.47 Å². The van der Waals surface area contributed by atoms with Crippen molar-refractivity contribution in [2.24, 2.45) is 5.92 Å². The molecule has 1 saturated heterocycles. The van der Waals surface area contributed by atoms with Crippen LogP contribution in [0.2, 0.25) is 0 Å². The van der Waals surface area contributed by atoms with E-state index in [-0.39, 0.29) is 37.7 Å². The van der Waals surface area contributed by atoms with Gasteiger partial charge in [-0.15, -0.1) is 0 Å². The second-order valence-electron chi connectivity index (χ2n) is 9.21. The van der Waals surface area contributed by atoms with Crippen molar-refractivity contribution in [1.82, 2.24) is 10.2 Å². The number of carbonyl (C=O) groups excluding carboxylic acids is 2. The molecule has 3 aliphatic rings. The molecule has 2 N–H and O–H groups in total. The van der Waals surface area contributed by atoms with Gasteiger partial charge in [-0.1, -0.05) is 48.5 Å². The van der Waals surface area contributed by atoms with E-state index in [1.807, 2.05) is 24.3 Å². The summed E-state index contributed by atoms with van der Waals surface area (Å²) in [5.41, 5.74) is 4.54. The summed E-state index contributed by atoms with van der Waals surface area (Å²) in [6, 6.07) is 14.7. The van der Waals surface area contributed by atoms with Gasteiger partial charge in [-0.3, -0.25) is 4.79 Å². The van der Waals surface area contributed by atoms with Gasteiger partial charge in [0.05, 0.1) is 25.2 Å². The molecular formula is C26H28N2O6. The number of ether oxygens (including phenoxy) is 2. The van der Waals surface area contributed by atoms with E-state index in [9.17, 15) is 19.5 Å². The van der Waals surface area contributed by atoms with Crippen molar-refractivity contribution in [2.45, 2.75) is 43.8 Å². The number of rotatable bonds is 7. The van der Waals surface area contributed by atoms with Gasteiger partial charge in [0, 0.05) is 12.0 Å². The fourth-order valence-electron chi connectivity index (χ4n) is 5.08. The smallest absolute Gasteiger partial charge is 0.407 e. The maximum absolute atomic E-state index is 13.2. The van der Waals surface area contributed by atoms with Crippen LogP contribution in [0.25, 0.3) is 11.1 Å². The van der Waals surface area contributed by atoms with Crippen LogP contribution < -0.4 is 5.32 Å². The van der Waals surface area contributed by atoms with Crippen LogP contribution in [0.5, 0.6) is 0 Å². The summed E-state index contributed by atoms with van der Waals surface area (Å²) in [6.07, 6.45) is 0.974. The fourth-order valence-corrected chi connectivity index (χ4v) is 5.08. The number of hydrogen-bond acceptors (Lipinski definition) is 5. The highest BCUT2D eigenvalue weighted by atomic mass is 16.5. The zero-order valence-electron chi connectivity index (χ0n) is 19.0. The highest BCUT2D eigenvalue weighted by Crippen LogP contribution is 2.44. The Morgan fingerprint density at radius 2 is 1.68 bits per heavy atom. The highest BCUT2D eigenvalue weighted by molar-refractivity contribution is 5.86. The van der Waals surface area contributed by atoms with Crippen molar-refractivity contribution in [3.05, 3.63) is 59.7 Å². The van der Waals surface area contributed by atoms with Crippen molar-refractivity contribution in [3.63, 3.8) is 0 Å². The van der Waals surface area contributed by atoms with Crippen molar-refractivity contribution < 1.29 is 29.0 Å². The molecule has 34 heavy (non-hydrogen) atoms. The Kier molecular flexibility index (Phi) is 6.00. The number of aliphatic carboxylic acids is 1. The lowest BCUT2D eigenvalue weighted by Gasteiger charge is -2.30. The zero-order chi connectivity index (χ0) is 23.8. The maximum atomic E-state index is 13.2. The Labute approximate surface area is 197 Å². The lowest BCUT2D eigenvalue weighted by molar-refractivity contribution is -0.152. The number of amides is 2. The van der Waals surface area contributed by atoms with Gasteiger partial charge < -0.3 is 24.8 Å². The van der Waals surface area contributed by atoms with Crippen molar-refractivity contribution in [3.8, 4) is 11.1 Å². The first-order valence-corrected chi connectivity index (χ1v) is 11.7. The Morgan fingerprint density at radius 3 is 2.26 bits per heavy atom. The molecule has 2 aromatic carbocycles. The van der Waals surface area contributed by atoms with Gasteiger partial charge in [0.1, 0.15) is 12.6 Å². The second-order valence-corrected chi connectivity index (χ2v) is 9.21. The Bertz CT molecular complexity index is 1070. The largest absolute Gasteiger partial charge is 0.480 e. The normalized spacial score (nSPS) is 21.9. The third-order valence-electron chi connectivity index (χ3n) is 7.01. The molecule has 8 nitrogen and oxygen atoms in total. The zero-order valence-corrected chi connectivity index (χ0v) is 19.0. The first-order chi connectivity index (χ1) is 16.5. The molecule has 0 radical (unpaired) electrons. The van der Waals surface area contributed by atoms with E-state index in [1.165, 1.54) is 11.8 Å². The number of carboxylic acid groups (broad SMARTS) is 1. The van der Waals surface area contributed by atoms with Crippen molar-refractivity contribution >= 4 is 18.0 Å². The first kappa shape index (κ1) is 22.4. The molecule has 0 spiro atoms. The van der Waals surface area contributed by atoms with Crippen LogP contribution in [0.15, 0.2) is 48.5 Å². The number of hydrogen-bond donors (Lipinski definition) is 2. The first-order valence-electron chi connectivity index (χ1n) is 11.7. The quantitative estimate of drug-likeness (QED) is 0.653. The summed E-state index contributed by atoms with van der Waals surface area (Å²) >= 11 is 0. The molecule has 3 unspecified atom stereocenters. The molecule has 2 amide bonds. The number of nitrogens with one attached hydrogen (secondary N) is 1. The van der Waals surface area contributed by atoms with Crippen molar-refractivity contribution in [2.75, 3.05) is 19.8 Å². The molecule has 1 saturated carbocycles. The standard InChI is InChI=1S/C26H28N2O6/c1-15(25(30)31)28(16-10-11-16)24(29)22-12-33-14-23(22)27-26(32)34-13-21-19-8-4-2-6-17(19)18-7-3-5-9-20(18)21/h2-9,15-16,21-23H,10-14H2,1H3,(H,27,32)(H,30,31). The predicted molar refractivity (Wildman–Crippen MR) is 123 cm³/mol. The minimum atomic E-state index is -1.04. The molecule has 0 bridgehead atoms. The van der Waals surface area contributed by atoms with E-state index in [2.05, 4.69) is 29.6 Å². The lowest BCUT2D eigenvalue weighted by atomic mass is 9.98. The van der Waals surface area contributed by atoms with Crippen molar-refractivity contribution in [1.29, 1.82) is 0 Å². The van der Waals surface area contributed by atoms with Gasteiger partial charge in [-0.05, 0) is 42.0 Å². The molecule has 2 fully saturated rings. The van der Waals surface area contributed by atoms with Gasteiger partial charge in [0.25, 0.3) is 0 Å². The summed E-state index contributed by atoms with van der Waals surface area (Å²) in [5, 5.41) is 12.2. The molecule has 1 heterocycles. The topological polar surface area (TPSA) is 105 Å². The Balaban J connectivity index is 1.23. The number of carbonyl (C=O) groups is 3. The van der Waals surface area contributed by atoms with Crippen LogP contribution in [-0.4, -0.2) is 65.9 Å². The maximum Gasteiger partial charge on any atom is 0.407 e. The van der Waals surface area contributed by atoms with E-state index in [0.29, 0.717) is 0 Å². The molecule has 5 rings (SSSR count). The third-order valence-corrected chi connectivity index (χ3v) is 7.01. The third kappa shape index (κ3) is 4.14. The van der Waals surface area contributed by atoms with Gasteiger partial charge in [0.2, 0.25) is 5.91 Å². The second kappa shape index (κ2) is 9.10. The molecule has 0 aromatic heterocycles. The molecular weight excluding hydrogens is 436 g/mol. The highest BCUT2D eigenvalue weighted by Gasteiger charge is 2.45. The van der Waals surface area contributed by atoms with Crippen LogP contribution in [0.3, 0.4) is 0 Å². The number of nitrogens with zero attached hydrogens (tertiary/aromatic N) is 1. The average Bonchev–Trinajstić information content (AvgIpc) is 3.47. The predicted octanol–water partition coefficient (Wildman–Crippen LogP) is 3.00. The molecule has 8 heteroatoms. The minimum absolute atomic E-state index is 0.0582. The van der Waals surface area contributed by atoms with Crippen LogP contribution in [0, 0.1) is 5.92 Å². The van der Waals surface area contributed by atoms with E-state index in [0.717, 1.165) is 35.1 Å². The molecule has 3 atom stereocenters. The van der Waals surface area contributed by atoms with Gasteiger partial charge in [0.15, 0.2) is 0 Å². The average molecular weight is 465 g/mol. The number of alkyl carbamates (subject to hydrolysis) is 1. The Morgan fingerprint density at radius 1 is 1.06 bits per heavy atom.